The van der Waals surface area contributed by atoms with Crippen molar-refractivity contribution < 1.29 is 4.79 Å². The molecule has 1 heterocycles. The van der Waals surface area contributed by atoms with E-state index in [1.807, 2.05) is 35.8 Å². The Morgan fingerprint density at radius 1 is 1.55 bits per heavy atom. The summed E-state index contributed by atoms with van der Waals surface area (Å²) < 4.78 is 1.97. The molecule has 1 amide bonds. The van der Waals surface area contributed by atoms with E-state index in [1.54, 1.807) is 20.9 Å². The second-order valence-corrected chi connectivity index (χ2v) is 6.20. The SMILES string of the molecule is CN=C(NCC(C)(C)C(N)=O)N(C)Cc1cc(Cl)cn1C.I. The standard InChI is InChI=1S/C14H24ClN5O.HI/c1-14(2,12(16)21)9-18-13(17-3)20(5)8-11-6-10(15)7-19(11)4;/h6-7H,8-9H2,1-5H3,(H2,16,21)(H,17,18);1H. The molecule has 8 heteroatoms. The van der Waals surface area contributed by atoms with E-state index >= 15 is 0 Å². The van der Waals surface area contributed by atoms with Gasteiger partial charge in [-0.25, -0.2) is 0 Å². The summed E-state index contributed by atoms with van der Waals surface area (Å²) in [5, 5.41) is 3.88. The summed E-state index contributed by atoms with van der Waals surface area (Å²) in [7, 11) is 5.57. The highest BCUT2D eigenvalue weighted by Crippen LogP contribution is 2.15. The second-order valence-electron chi connectivity index (χ2n) is 5.77. The topological polar surface area (TPSA) is 75.6 Å². The number of aromatic nitrogens is 1. The van der Waals surface area contributed by atoms with Crippen LogP contribution in [0.2, 0.25) is 5.02 Å². The zero-order valence-corrected chi connectivity index (χ0v) is 16.8. The summed E-state index contributed by atoms with van der Waals surface area (Å²) in [6.45, 7) is 4.67. The maximum absolute atomic E-state index is 11.3. The third-order valence-corrected chi connectivity index (χ3v) is 3.61. The first-order valence-corrected chi connectivity index (χ1v) is 7.07. The fourth-order valence-corrected chi connectivity index (χ4v) is 2.09. The zero-order valence-electron chi connectivity index (χ0n) is 13.7. The molecule has 6 nitrogen and oxygen atoms in total. The first-order valence-electron chi connectivity index (χ1n) is 6.70. The van der Waals surface area contributed by atoms with Crippen LogP contribution in [0.4, 0.5) is 0 Å². The smallest absolute Gasteiger partial charge is 0.224 e. The summed E-state index contributed by atoms with van der Waals surface area (Å²) in [5.74, 6) is 0.351. The molecule has 0 radical (unpaired) electrons. The lowest BCUT2D eigenvalue weighted by atomic mass is 9.93. The molecular weight excluding hydrogens is 417 g/mol. The summed E-state index contributed by atoms with van der Waals surface area (Å²) in [4.78, 5) is 17.5. The van der Waals surface area contributed by atoms with Crippen LogP contribution in [0.15, 0.2) is 17.3 Å². The van der Waals surface area contributed by atoms with Crippen molar-refractivity contribution in [2.24, 2.45) is 23.2 Å². The number of nitrogens with two attached hydrogens (primary N) is 1. The Hall–Kier alpha value is -0.960. The van der Waals surface area contributed by atoms with Gasteiger partial charge in [-0.1, -0.05) is 11.6 Å². The Labute approximate surface area is 154 Å². The molecule has 3 N–H and O–H groups in total. The predicted molar refractivity (Wildman–Crippen MR) is 102 cm³/mol. The van der Waals surface area contributed by atoms with Crippen molar-refractivity contribution in [2.45, 2.75) is 20.4 Å². The van der Waals surface area contributed by atoms with Gasteiger partial charge >= 0.3 is 0 Å². The maximum Gasteiger partial charge on any atom is 0.224 e. The van der Waals surface area contributed by atoms with Crippen molar-refractivity contribution in [1.82, 2.24) is 14.8 Å². The molecule has 0 atom stereocenters. The van der Waals surface area contributed by atoms with Crippen molar-refractivity contribution in [3.05, 3.63) is 23.0 Å². The van der Waals surface area contributed by atoms with Gasteiger partial charge in [0.15, 0.2) is 5.96 Å². The summed E-state index contributed by atoms with van der Waals surface area (Å²) in [5.41, 5.74) is 5.81. The van der Waals surface area contributed by atoms with Crippen molar-refractivity contribution in [3.8, 4) is 0 Å². The van der Waals surface area contributed by atoms with Crippen molar-refractivity contribution in [3.63, 3.8) is 0 Å². The molecule has 0 unspecified atom stereocenters. The van der Waals surface area contributed by atoms with Crippen LogP contribution < -0.4 is 11.1 Å². The van der Waals surface area contributed by atoms with Crippen LogP contribution in [0.25, 0.3) is 0 Å². The quantitative estimate of drug-likeness (QED) is 0.416. The normalized spacial score (nSPS) is 11.8. The molecule has 0 aliphatic rings. The molecule has 1 aromatic rings. The van der Waals surface area contributed by atoms with E-state index in [9.17, 15) is 4.79 Å². The van der Waals surface area contributed by atoms with Gasteiger partial charge in [-0.15, -0.1) is 24.0 Å². The molecule has 0 aliphatic carbocycles. The number of nitrogens with one attached hydrogen (secondary N) is 1. The van der Waals surface area contributed by atoms with E-state index in [1.165, 1.54) is 0 Å². The minimum absolute atomic E-state index is 0. The largest absolute Gasteiger partial charge is 0.369 e. The number of amides is 1. The first kappa shape index (κ1) is 21.0. The predicted octanol–water partition coefficient (Wildman–Crippen LogP) is 1.82. The lowest BCUT2D eigenvalue weighted by Gasteiger charge is -2.26. The van der Waals surface area contributed by atoms with Crippen LogP contribution in [0.5, 0.6) is 0 Å². The molecule has 0 saturated carbocycles. The van der Waals surface area contributed by atoms with Gasteiger partial charge in [0.1, 0.15) is 0 Å². The monoisotopic (exact) mass is 441 g/mol. The molecule has 0 aliphatic heterocycles. The summed E-state index contributed by atoms with van der Waals surface area (Å²) in [6.07, 6.45) is 1.86. The molecule has 22 heavy (non-hydrogen) atoms. The number of carbonyl (C=O) groups is 1. The highest BCUT2D eigenvalue weighted by molar-refractivity contribution is 14.0. The van der Waals surface area contributed by atoms with Crippen LogP contribution in [-0.4, -0.2) is 42.0 Å². The molecule has 1 rings (SSSR count). The van der Waals surface area contributed by atoms with Crippen LogP contribution in [0.3, 0.4) is 0 Å². The van der Waals surface area contributed by atoms with Gasteiger partial charge in [-0.2, -0.15) is 0 Å². The van der Waals surface area contributed by atoms with Gasteiger partial charge in [-0.05, 0) is 19.9 Å². The maximum atomic E-state index is 11.3. The Morgan fingerprint density at radius 3 is 2.55 bits per heavy atom. The molecule has 0 saturated heterocycles. The fourth-order valence-electron chi connectivity index (χ4n) is 1.81. The molecule has 0 fully saturated rings. The van der Waals surface area contributed by atoms with Gasteiger partial charge in [0.25, 0.3) is 0 Å². The number of carbonyl (C=O) groups excluding carboxylic acids is 1. The average molecular weight is 442 g/mol. The Balaban J connectivity index is 0.00000441. The number of hydrogen-bond acceptors (Lipinski definition) is 2. The lowest BCUT2D eigenvalue weighted by Crippen LogP contribution is -2.46. The Morgan fingerprint density at radius 2 is 2.14 bits per heavy atom. The van der Waals surface area contributed by atoms with Crippen LogP contribution in [0.1, 0.15) is 19.5 Å². The Kier molecular flexibility index (Phi) is 8.24. The number of aliphatic imine (C=N–C) groups is 1. The number of guanidine groups is 1. The van der Waals surface area contributed by atoms with Crippen LogP contribution in [-0.2, 0) is 18.4 Å². The van der Waals surface area contributed by atoms with Gasteiger partial charge in [0.05, 0.1) is 17.0 Å². The molecule has 0 bridgehead atoms. The van der Waals surface area contributed by atoms with Crippen LogP contribution >= 0.6 is 35.6 Å². The molecule has 0 aromatic carbocycles. The van der Waals surface area contributed by atoms with E-state index in [0.29, 0.717) is 24.1 Å². The van der Waals surface area contributed by atoms with Crippen molar-refractivity contribution in [2.75, 3.05) is 20.6 Å². The summed E-state index contributed by atoms with van der Waals surface area (Å²) >= 11 is 5.98. The van der Waals surface area contributed by atoms with E-state index < -0.39 is 5.41 Å². The molecule has 126 valence electrons. The third-order valence-electron chi connectivity index (χ3n) is 3.40. The number of aryl methyl sites for hydroxylation is 1. The van der Waals surface area contributed by atoms with Gasteiger partial charge in [0, 0.05) is 39.6 Å². The summed E-state index contributed by atoms with van der Waals surface area (Å²) in [6, 6.07) is 1.92. The molecule has 0 spiro atoms. The van der Waals surface area contributed by atoms with Gasteiger partial charge in [0.2, 0.25) is 5.91 Å². The second kappa shape index (κ2) is 8.61. The zero-order chi connectivity index (χ0) is 16.2. The Bertz CT molecular complexity index is 541. The highest BCUT2D eigenvalue weighted by atomic mass is 127. The van der Waals surface area contributed by atoms with E-state index in [4.69, 9.17) is 17.3 Å². The minimum Gasteiger partial charge on any atom is -0.369 e. The third kappa shape index (κ3) is 5.68. The van der Waals surface area contributed by atoms with Gasteiger partial charge < -0.3 is 20.5 Å². The van der Waals surface area contributed by atoms with Crippen molar-refractivity contribution >= 4 is 47.4 Å². The number of nitrogens with zero attached hydrogens (tertiary/aromatic N) is 3. The number of halogens is 2. The van der Waals surface area contributed by atoms with Crippen LogP contribution in [0, 0.1) is 5.41 Å². The number of primary amides is 1. The van der Waals surface area contributed by atoms with Gasteiger partial charge in [-0.3, -0.25) is 9.79 Å². The first-order chi connectivity index (χ1) is 9.67. The number of rotatable bonds is 5. The lowest BCUT2D eigenvalue weighted by molar-refractivity contribution is -0.125. The number of hydrogen-bond donors (Lipinski definition) is 2. The van der Waals surface area contributed by atoms with Crippen molar-refractivity contribution in [1.29, 1.82) is 0 Å². The van der Waals surface area contributed by atoms with E-state index in [2.05, 4.69) is 10.3 Å². The highest BCUT2D eigenvalue weighted by Gasteiger charge is 2.25. The fraction of sp³-hybridized carbons (Fsp3) is 0.571. The van der Waals surface area contributed by atoms with E-state index in [-0.39, 0.29) is 29.9 Å². The minimum atomic E-state index is -0.634. The molecule has 1 aromatic heterocycles. The average Bonchev–Trinajstić information content (AvgIpc) is 2.68. The molecular formula is C14H25ClIN5O. The van der Waals surface area contributed by atoms with E-state index in [0.717, 1.165) is 5.69 Å².